The molecule has 0 saturated carbocycles. The van der Waals surface area contributed by atoms with Gasteiger partial charge in [-0.2, -0.15) is 4.98 Å². The SMILES string of the molecule is CCOC(=O)c1nc(-c2ccc(C)c(Br)c2)no1. The third-order valence-corrected chi connectivity index (χ3v) is 3.16. The molecule has 0 unspecified atom stereocenters. The second-order valence-corrected chi connectivity index (χ2v) is 4.46. The van der Waals surface area contributed by atoms with Crippen molar-refractivity contribution in [3.05, 3.63) is 34.1 Å². The van der Waals surface area contributed by atoms with Gasteiger partial charge >= 0.3 is 11.9 Å². The molecule has 1 heterocycles. The summed E-state index contributed by atoms with van der Waals surface area (Å²) in [4.78, 5) is 15.4. The molecule has 18 heavy (non-hydrogen) atoms. The summed E-state index contributed by atoms with van der Waals surface area (Å²) in [5, 5.41) is 3.75. The first-order valence-corrected chi connectivity index (χ1v) is 6.18. The van der Waals surface area contributed by atoms with Crippen molar-refractivity contribution in [3.63, 3.8) is 0 Å². The Bertz CT molecular complexity index is 580. The van der Waals surface area contributed by atoms with Crippen molar-refractivity contribution >= 4 is 21.9 Å². The van der Waals surface area contributed by atoms with Gasteiger partial charge in [-0.1, -0.05) is 33.2 Å². The molecule has 0 N–H and O–H groups in total. The van der Waals surface area contributed by atoms with Crippen LogP contribution in [0.5, 0.6) is 0 Å². The maximum Gasteiger partial charge on any atom is 0.397 e. The smallest absolute Gasteiger partial charge is 0.397 e. The van der Waals surface area contributed by atoms with Crippen LogP contribution in [0, 0.1) is 6.92 Å². The van der Waals surface area contributed by atoms with Crippen molar-refractivity contribution in [3.8, 4) is 11.4 Å². The lowest BCUT2D eigenvalue weighted by atomic mass is 10.1. The molecule has 5 nitrogen and oxygen atoms in total. The topological polar surface area (TPSA) is 65.2 Å². The zero-order chi connectivity index (χ0) is 13.1. The molecule has 0 bridgehead atoms. The highest BCUT2D eigenvalue weighted by molar-refractivity contribution is 9.10. The second-order valence-electron chi connectivity index (χ2n) is 3.61. The predicted molar refractivity (Wildman–Crippen MR) is 68.1 cm³/mol. The Morgan fingerprint density at radius 3 is 2.94 bits per heavy atom. The van der Waals surface area contributed by atoms with Gasteiger partial charge in [-0.25, -0.2) is 4.79 Å². The van der Waals surface area contributed by atoms with Gasteiger partial charge < -0.3 is 9.26 Å². The van der Waals surface area contributed by atoms with Gasteiger partial charge in [-0.15, -0.1) is 0 Å². The molecule has 6 heteroatoms. The highest BCUT2D eigenvalue weighted by Gasteiger charge is 2.17. The van der Waals surface area contributed by atoms with Crippen LogP contribution in [0.4, 0.5) is 0 Å². The van der Waals surface area contributed by atoms with E-state index in [0.717, 1.165) is 15.6 Å². The number of carbonyl (C=O) groups is 1. The molecule has 0 amide bonds. The van der Waals surface area contributed by atoms with Crippen molar-refractivity contribution < 1.29 is 14.1 Å². The van der Waals surface area contributed by atoms with Crippen LogP contribution in [0.15, 0.2) is 27.2 Å². The minimum Gasteiger partial charge on any atom is -0.459 e. The third kappa shape index (κ3) is 2.59. The predicted octanol–water partition coefficient (Wildman–Crippen LogP) is 2.98. The Hall–Kier alpha value is -1.69. The van der Waals surface area contributed by atoms with Crippen LogP contribution in [0.1, 0.15) is 23.2 Å². The van der Waals surface area contributed by atoms with Gasteiger partial charge in [0.1, 0.15) is 0 Å². The van der Waals surface area contributed by atoms with Gasteiger partial charge in [0.2, 0.25) is 5.82 Å². The van der Waals surface area contributed by atoms with E-state index in [2.05, 4.69) is 26.1 Å². The lowest BCUT2D eigenvalue weighted by Gasteiger charge is -1.99. The van der Waals surface area contributed by atoms with Crippen LogP contribution in [0.2, 0.25) is 0 Å². The average Bonchev–Trinajstić information content (AvgIpc) is 2.82. The van der Waals surface area contributed by atoms with Crippen molar-refractivity contribution in [2.75, 3.05) is 6.61 Å². The molecule has 0 fully saturated rings. The third-order valence-electron chi connectivity index (χ3n) is 2.31. The zero-order valence-corrected chi connectivity index (χ0v) is 11.5. The van der Waals surface area contributed by atoms with E-state index < -0.39 is 5.97 Å². The lowest BCUT2D eigenvalue weighted by molar-refractivity contribution is 0.0470. The van der Waals surface area contributed by atoms with E-state index >= 15 is 0 Å². The van der Waals surface area contributed by atoms with Gasteiger partial charge in [-0.3, -0.25) is 0 Å². The number of halogens is 1. The fourth-order valence-corrected chi connectivity index (χ4v) is 1.73. The number of hydrogen-bond acceptors (Lipinski definition) is 5. The molecule has 2 aromatic rings. The van der Waals surface area contributed by atoms with Crippen molar-refractivity contribution in [2.45, 2.75) is 13.8 Å². The van der Waals surface area contributed by atoms with Crippen LogP contribution >= 0.6 is 15.9 Å². The molecule has 0 spiro atoms. The molecular formula is C12H11BrN2O3. The van der Waals surface area contributed by atoms with E-state index in [1.165, 1.54) is 0 Å². The Morgan fingerprint density at radius 2 is 2.28 bits per heavy atom. The number of carbonyl (C=O) groups excluding carboxylic acids is 1. The molecule has 0 atom stereocenters. The molecule has 1 aromatic carbocycles. The number of benzene rings is 1. The molecular weight excluding hydrogens is 300 g/mol. The molecule has 0 saturated heterocycles. The first-order chi connectivity index (χ1) is 8.61. The van der Waals surface area contributed by atoms with Crippen LogP contribution < -0.4 is 0 Å². The summed E-state index contributed by atoms with van der Waals surface area (Å²) >= 11 is 3.43. The standard InChI is InChI=1S/C12H11BrN2O3/c1-3-17-12(16)11-14-10(15-18-11)8-5-4-7(2)9(13)6-8/h4-6H,3H2,1-2H3. The fourth-order valence-electron chi connectivity index (χ4n) is 1.35. The van der Waals surface area contributed by atoms with Gasteiger partial charge in [-0.05, 0) is 25.5 Å². The molecule has 0 aliphatic rings. The number of esters is 1. The molecule has 0 radical (unpaired) electrons. The monoisotopic (exact) mass is 310 g/mol. The molecule has 94 valence electrons. The number of ether oxygens (including phenoxy) is 1. The van der Waals surface area contributed by atoms with E-state index in [9.17, 15) is 4.79 Å². The number of rotatable bonds is 3. The first kappa shape index (κ1) is 12.8. The summed E-state index contributed by atoms with van der Waals surface area (Å²) in [6, 6.07) is 5.66. The van der Waals surface area contributed by atoms with Gasteiger partial charge in [0.05, 0.1) is 6.61 Å². The van der Waals surface area contributed by atoms with Crippen molar-refractivity contribution in [2.24, 2.45) is 0 Å². The molecule has 0 aliphatic heterocycles. The van der Waals surface area contributed by atoms with E-state index in [1.807, 2.05) is 25.1 Å². The number of aromatic nitrogens is 2. The van der Waals surface area contributed by atoms with E-state index in [0.29, 0.717) is 5.82 Å². The summed E-state index contributed by atoms with van der Waals surface area (Å²) in [7, 11) is 0. The summed E-state index contributed by atoms with van der Waals surface area (Å²) in [5.41, 5.74) is 1.87. The quantitative estimate of drug-likeness (QED) is 0.815. The number of aryl methyl sites for hydroxylation is 1. The normalized spacial score (nSPS) is 10.4. The highest BCUT2D eigenvalue weighted by Crippen LogP contribution is 2.23. The van der Waals surface area contributed by atoms with Crippen LogP contribution in [-0.2, 0) is 4.74 Å². The van der Waals surface area contributed by atoms with Gasteiger partial charge in [0, 0.05) is 10.0 Å². The van der Waals surface area contributed by atoms with Crippen molar-refractivity contribution in [1.29, 1.82) is 0 Å². The summed E-state index contributed by atoms with van der Waals surface area (Å²) in [5.74, 6) is -0.385. The lowest BCUT2D eigenvalue weighted by Crippen LogP contribution is -2.04. The number of hydrogen-bond donors (Lipinski definition) is 0. The minimum absolute atomic E-state index is 0.136. The van der Waals surface area contributed by atoms with Crippen LogP contribution in [-0.4, -0.2) is 22.7 Å². The molecule has 0 aliphatic carbocycles. The van der Waals surface area contributed by atoms with E-state index in [-0.39, 0.29) is 12.5 Å². The Kier molecular flexibility index (Phi) is 3.76. The van der Waals surface area contributed by atoms with Gasteiger partial charge in [0.25, 0.3) is 0 Å². The molecule has 2 rings (SSSR count). The second kappa shape index (κ2) is 5.30. The van der Waals surface area contributed by atoms with E-state index in [1.54, 1.807) is 6.92 Å². The summed E-state index contributed by atoms with van der Waals surface area (Å²) in [6.07, 6.45) is 0. The summed E-state index contributed by atoms with van der Waals surface area (Å²) < 4.78 is 10.6. The van der Waals surface area contributed by atoms with Crippen molar-refractivity contribution in [1.82, 2.24) is 10.1 Å². The fraction of sp³-hybridized carbons (Fsp3) is 0.250. The molecule has 1 aromatic heterocycles. The van der Waals surface area contributed by atoms with Crippen LogP contribution in [0.25, 0.3) is 11.4 Å². The average molecular weight is 311 g/mol. The summed E-state index contributed by atoms with van der Waals surface area (Å²) in [6.45, 7) is 3.97. The first-order valence-electron chi connectivity index (χ1n) is 5.39. The largest absolute Gasteiger partial charge is 0.459 e. The van der Waals surface area contributed by atoms with Crippen LogP contribution in [0.3, 0.4) is 0 Å². The van der Waals surface area contributed by atoms with E-state index in [4.69, 9.17) is 9.26 Å². The number of nitrogens with zero attached hydrogens (tertiary/aromatic N) is 2. The Labute approximate surface area is 112 Å². The van der Waals surface area contributed by atoms with Gasteiger partial charge in [0.15, 0.2) is 0 Å². The minimum atomic E-state index is -0.609. The maximum absolute atomic E-state index is 11.4. The Morgan fingerprint density at radius 1 is 1.50 bits per heavy atom. The zero-order valence-electron chi connectivity index (χ0n) is 9.94. The maximum atomic E-state index is 11.4. The Balaban J connectivity index is 2.29. The highest BCUT2D eigenvalue weighted by atomic mass is 79.9.